The molecule has 1 aromatic rings. The van der Waals surface area contributed by atoms with E-state index >= 15 is 0 Å². The van der Waals surface area contributed by atoms with Gasteiger partial charge in [-0.3, -0.25) is 4.79 Å². The molecule has 92 valence electrons. The molecule has 1 aliphatic rings. The van der Waals surface area contributed by atoms with E-state index in [9.17, 15) is 4.79 Å². The minimum Gasteiger partial charge on any atom is -0.336 e. The first-order chi connectivity index (χ1) is 8.06. The third-order valence-corrected chi connectivity index (χ3v) is 3.12. The lowest BCUT2D eigenvalue weighted by atomic mass is 10.1. The monoisotopic (exact) mass is 232 g/mol. The van der Waals surface area contributed by atoms with Gasteiger partial charge in [0.05, 0.1) is 0 Å². The number of rotatable bonds is 1. The molecule has 0 bridgehead atoms. The summed E-state index contributed by atoms with van der Waals surface area (Å²) < 4.78 is 0. The Bertz CT molecular complexity index is 408. The zero-order valence-electron chi connectivity index (χ0n) is 10.8. The van der Waals surface area contributed by atoms with Crippen LogP contribution >= 0.6 is 0 Å². The van der Waals surface area contributed by atoms with Gasteiger partial charge in [0.2, 0.25) is 0 Å². The fourth-order valence-electron chi connectivity index (χ4n) is 2.40. The van der Waals surface area contributed by atoms with Gasteiger partial charge < -0.3 is 10.2 Å². The van der Waals surface area contributed by atoms with Crippen molar-refractivity contribution in [2.24, 2.45) is 0 Å². The van der Waals surface area contributed by atoms with E-state index in [0.717, 1.165) is 36.3 Å². The van der Waals surface area contributed by atoms with Crippen molar-refractivity contribution in [2.45, 2.75) is 26.8 Å². The molecule has 1 atom stereocenters. The Morgan fingerprint density at radius 3 is 2.53 bits per heavy atom. The fraction of sp³-hybridized carbons (Fsp3) is 0.500. The summed E-state index contributed by atoms with van der Waals surface area (Å²) in [6.45, 7) is 8.66. The Morgan fingerprint density at radius 2 is 1.94 bits per heavy atom. The number of amides is 1. The molecule has 2 rings (SSSR count). The van der Waals surface area contributed by atoms with Gasteiger partial charge in [0.15, 0.2) is 0 Å². The Balaban J connectivity index is 2.18. The zero-order valence-corrected chi connectivity index (χ0v) is 10.8. The largest absolute Gasteiger partial charge is 0.336 e. The van der Waals surface area contributed by atoms with Gasteiger partial charge in [-0.15, -0.1) is 0 Å². The van der Waals surface area contributed by atoms with Crippen molar-refractivity contribution in [1.29, 1.82) is 0 Å². The van der Waals surface area contributed by atoms with Crippen LogP contribution in [0.4, 0.5) is 0 Å². The molecule has 1 aliphatic heterocycles. The van der Waals surface area contributed by atoms with Crippen molar-refractivity contribution in [3.8, 4) is 0 Å². The number of benzene rings is 1. The number of carbonyl (C=O) groups excluding carboxylic acids is 1. The van der Waals surface area contributed by atoms with E-state index < -0.39 is 0 Å². The maximum absolute atomic E-state index is 12.3. The van der Waals surface area contributed by atoms with Gasteiger partial charge in [-0.1, -0.05) is 17.2 Å². The van der Waals surface area contributed by atoms with E-state index in [1.165, 1.54) is 0 Å². The van der Waals surface area contributed by atoms with Crippen LogP contribution in [0.25, 0.3) is 0 Å². The van der Waals surface area contributed by atoms with Gasteiger partial charge in [0.1, 0.15) is 0 Å². The van der Waals surface area contributed by atoms with E-state index in [4.69, 9.17) is 0 Å². The number of nitrogens with one attached hydrogen (secondary N) is 1. The summed E-state index contributed by atoms with van der Waals surface area (Å²) >= 11 is 0. The molecule has 0 aromatic heterocycles. The van der Waals surface area contributed by atoms with Gasteiger partial charge >= 0.3 is 0 Å². The highest BCUT2D eigenvalue weighted by molar-refractivity contribution is 5.94. The standard InChI is InChI=1S/C14H20N2O/c1-10-6-11(2)8-13(7-10)14(17)16-5-4-15-12(3)9-16/h6-8,12,15H,4-5,9H2,1-3H3. The zero-order chi connectivity index (χ0) is 12.4. The summed E-state index contributed by atoms with van der Waals surface area (Å²) in [7, 11) is 0. The highest BCUT2D eigenvalue weighted by Crippen LogP contribution is 2.12. The summed E-state index contributed by atoms with van der Waals surface area (Å²) in [5.41, 5.74) is 3.12. The lowest BCUT2D eigenvalue weighted by Gasteiger charge is -2.32. The molecule has 3 heteroatoms. The Hall–Kier alpha value is -1.35. The van der Waals surface area contributed by atoms with E-state index in [2.05, 4.69) is 18.3 Å². The molecule has 1 amide bonds. The maximum atomic E-state index is 12.3. The molecule has 1 N–H and O–H groups in total. The van der Waals surface area contributed by atoms with Crippen LogP contribution in [0.5, 0.6) is 0 Å². The first-order valence-corrected chi connectivity index (χ1v) is 6.17. The molecular weight excluding hydrogens is 212 g/mol. The molecule has 0 radical (unpaired) electrons. The molecule has 1 heterocycles. The summed E-state index contributed by atoms with van der Waals surface area (Å²) in [6.07, 6.45) is 0. The van der Waals surface area contributed by atoms with E-state index in [1.54, 1.807) is 0 Å². The highest BCUT2D eigenvalue weighted by Gasteiger charge is 2.21. The third-order valence-electron chi connectivity index (χ3n) is 3.12. The van der Waals surface area contributed by atoms with Crippen molar-refractivity contribution in [2.75, 3.05) is 19.6 Å². The van der Waals surface area contributed by atoms with Crippen molar-refractivity contribution in [1.82, 2.24) is 10.2 Å². The Labute approximate surface area is 103 Å². The van der Waals surface area contributed by atoms with Crippen LogP contribution in [0.3, 0.4) is 0 Å². The van der Waals surface area contributed by atoms with Crippen LogP contribution in [-0.2, 0) is 0 Å². The SMILES string of the molecule is Cc1cc(C)cc(C(=O)N2CCNC(C)C2)c1. The van der Waals surface area contributed by atoms with Crippen LogP contribution in [0, 0.1) is 13.8 Å². The topological polar surface area (TPSA) is 32.3 Å². The fourth-order valence-corrected chi connectivity index (χ4v) is 2.40. The molecule has 0 saturated carbocycles. The molecule has 17 heavy (non-hydrogen) atoms. The minimum absolute atomic E-state index is 0.158. The minimum atomic E-state index is 0.158. The van der Waals surface area contributed by atoms with Gasteiger partial charge in [0.25, 0.3) is 5.91 Å². The van der Waals surface area contributed by atoms with Crippen LogP contribution in [0.2, 0.25) is 0 Å². The van der Waals surface area contributed by atoms with Crippen molar-refractivity contribution in [3.05, 3.63) is 34.9 Å². The third kappa shape index (κ3) is 2.86. The first-order valence-electron chi connectivity index (χ1n) is 6.17. The van der Waals surface area contributed by atoms with Gasteiger partial charge in [-0.25, -0.2) is 0 Å². The molecule has 0 spiro atoms. The normalized spacial score (nSPS) is 20.4. The highest BCUT2D eigenvalue weighted by atomic mass is 16.2. The molecule has 3 nitrogen and oxygen atoms in total. The van der Waals surface area contributed by atoms with Crippen LogP contribution in [0.15, 0.2) is 18.2 Å². The summed E-state index contributed by atoms with van der Waals surface area (Å²) in [6, 6.07) is 6.43. The van der Waals surface area contributed by atoms with E-state index in [1.807, 2.05) is 30.9 Å². The second-order valence-electron chi connectivity index (χ2n) is 4.98. The average Bonchev–Trinajstić information content (AvgIpc) is 2.26. The number of hydrogen-bond donors (Lipinski definition) is 1. The summed E-state index contributed by atoms with van der Waals surface area (Å²) in [5.74, 6) is 0.158. The molecule has 0 aliphatic carbocycles. The van der Waals surface area contributed by atoms with E-state index in [-0.39, 0.29) is 5.91 Å². The molecule has 1 fully saturated rings. The summed E-state index contributed by atoms with van der Waals surface area (Å²) in [5, 5.41) is 3.35. The average molecular weight is 232 g/mol. The number of aryl methyl sites for hydroxylation is 2. The van der Waals surface area contributed by atoms with Crippen molar-refractivity contribution in [3.63, 3.8) is 0 Å². The number of hydrogen-bond acceptors (Lipinski definition) is 2. The molecule has 1 aromatic carbocycles. The van der Waals surface area contributed by atoms with Gasteiger partial charge in [0, 0.05) is 31.2 Å². The number of nitrogens with zero attached hydrogens (tertiary/aromatic N) is 1. The second-order valence-corrected chi connectivity index (χ2v) is 4.98. The number of carbonyl (C=O) groups is 1. The van der Waals surface area contributed by atoms with Gasteiger partial charge in [-0.05, 0) is 32.9 Å². The number of piperazine rings is 1. The molecule has 1 unspecified atom stereocenters. The first kappa shape index (κ1) is 12.1. The lowest BCUT2D eigenvalue weighted by molar-refractivity contribution is 0.0709. The van der Waals surface area contributed by atoms with Gasteiger partial charge in [-0.2, -0.15) is 0 Å². The predicted molar refractivity (Wildman–Crippen MR) is 69.3 cm³/mol. The maximum Gasteiger partial charge on any atom is 0.253 e. The van der Waals surface area contributed by atoms with Crippen molar-refractivity contribution < 1.29 is 4.79 Å². The Morgan fingerprint density at radius 1 is 1.29 bits per heavy atom. The van der Waals surface area contributed by atoms with Crippen LogP contribution in [-0.4, -0.2) is 36.5 Å². The molecule has 1 saturated heterocycles. The quantitative estimate of drug-likeness (QED) is 0.800. The predicted octanol–water partition coefficient (Wildman–Crippen LogP) is 1.74. The second kappa shape index (κ2) is 4.88. The lowest BCUT2D eigenvalue weighted by Crippen LogP contribution is -2.51. The smallest absolute Gasteiger partial charge is 0.253 e. The van der Waals surface area contributed by atoms with Crippen LogP contribution < -0.4 is 5.32 Å². The summed E-state index contributed by atoms with van der Waals surface area (Å²) in [4.78, 5) is 14.3. The van der Waals surface area contributed by atoms with Crippen molar-refractivity contribution >= 4 is 5.91 Å². The van der Waals surface area contributed by atoms with E-state index in [0.29, 0.717) is 6.04 Å². The van der Waals surface area contributed by atoms with Crippen LogP contribution in [0.1, 0.15) is 28.4 Å². The molecular formula is C14H20N2O. The Kier molecular flexibility index (Phi) is 3.48.